The first-order valence-electron chi connectivity index (χ1n) is 7.29. The number of nitro groups is 1. The van der Waals surface area contributed by atoms with E-state index in [1.54, 1.807) is 20.8 Å². The highest BCUT2D eigenvalue weighted by atomic mass is 16.6. The number of aliphatic hydroxyl groups is 1. The molecule has 0 radical (unpaired) electrons. The summed E-state index contributed by atoms with van der Waals surface area (Å²) in [5, 5.41) is 22.0. The molecule has 2 heterocycles. The summed E-state index contributed by atoms with van der Waals surface area (Å²) in [6, 6.07) is 3.64. The maximum absolute atomic E-state index is 12.9. The Bertz CT molecular complexity index is 951. The van der Waals surface area contributed by atoms with Gasteiger partial charge in [0.25, 0.3) is 11.6 Å². The van der Waals surface area contributed by atoms with Gasteiger partial charge in [0.1, 0.15) is 11.1 Å². The van der Waals surface area contributed by atoms with Gasteiger partial charge >= 0.3 is 5.63 Å². The number of benzene rings is 1. The molecule has 0 bridgehead atoms. The van der Waals surface area contributed by atoms with Gasteiger partial charge in [-0.15, -0.1) is 0 Å². The minimum Gasteiger partial charge on any atom is -0.422 e. The normalized spacial score (nSPS) is 20.5. The Morgan fingerprint density at radius 2 is 1.92 bits per heavy atom. The molecule has 8 nitrogen and oxygen atoms in total. The molecule has 2 aromatic rings. The highest BCUT2D eigenvalue weighted by molar-refractivity contribution is 6.10. The molecule has 24 heavy (non-hydrogen) atoms. The van der Waals surface area contributed by atoms with Crippen LogP contribution in [0.2, 0.25) is 0 Å². The predicted octanol–water partition coefficient (Wildman–Crippen LogP) is 2.12. The first-order chi connectivity index (χ1) is 11.0. The number of nitro benzene ring substituents is 1. The Labute approximate surface area is 136 Å². The zero-order valence-corrected chi connectivity index (χ0v) is 13.6. The number of carbonyl (C=O) groups excluding carboxylic acids is 1. The van der Waals surface area contributed by atoms with E-state index in [0.717, 1.165) is 0 Å². The van der Waals surface area contributed by atoms with E-state index < -0.39 is 27.7 Å². The zero-order chi connectivity index (χ0) is 18.0. The lowest BCUT2D eigenvalue weighted by Crippen LogP contribution is -2.53. The van der Waals surface area contributed by atoms with E-state index in [-0.39, 0.29) is 27.8 Å². The molecular weight excluding hydrogens is 316 g/mol. The third-order valence-electron chi connectivity index (χ3n) is 4.10. The lowest BCUT2D eigenvalue weighted by molar-refractivity contribution is -0.384. The van der Waals surface area contributed by atoms with Crippen LogP contribution in [-0.4, -0.2) is 26.4 Å². The molecule has 0 saturated carbocycles. The number of hydrogen-bond donors (Lipinski definition) is 1. The van der Waals surface area contributed by atoms with Gasteiger partial charge in [-0.2, -0.15) is 0 Å². The molecule has 1 amide bonds. The Balaban J connectivity index is 2.44. The van der Waals surface area contributed by atoms with Crippen LogP contribution < -0.4 is 5.63 Å². The van der Waals surface area contributed by atoms with Crippen LogP contribution in [0.1, 0.15) is 43.6 Å². The molecule has 0 saturated heterocycles. The monoisotopic (exact) mass is 332 g/mol. The Morgan fingerprint density at radius 3 is 2.46 bits per heavy atom. The van der Waals surface area contributed by atoms with Crippen molar-refractivity contribution in [3.63, 3.8) is 0 Å². The maximum Gasteiger partial charge on any atom is 0.345 e. The van der Waals surface area contributed by atoms with Crippen molar-refractivity contribution in [3.8, 4) is 0 Å². The van der Waals surface area contributed by atoms with Crippen molar-refractivity contribution < 1.29 is 19.2 Å². The lowest BCUT2D eigenvalue weighted by atomic mass is 10.00. The summed E-state index contributed by atoms with van der Waals surface area (Å²) in [5.74, 6) is -0.569. The fraction of sp³-hybridized carbons (Fsp3) is 0.375. The lowest BCUT2D eigenvalue weighted by Gasteiger charge is -2.40. The van der Waals surface area contributed by atoms with E-state index in [2.05, 4.69) is 0 Å². The van der Waals surface area contributed by atoms with Crippen molar-refractivity contribution >= 4 is 22.6 Å². The SMILES string of the molecule is CC(C)(C)N1C(=O)c2c(c(=O)oc3ccc([N+](=O)[O-])cc23)C1(C)O. The quantitative estimate of drug-likeness (QED) is 0.486. The summed E-state index contributed by atoms with van der Waals surface area (Å²) in [7, 11) is 0. The van der Waals surface area contributed by atoms with E-state index >= 15 is 0 Å². The maximum atomic E-state index is 12.9. The third kappa shape index (κ3) is 2.03. The summed E-state index contributed by atoms with van der Waals surface area (Å²) < 4.78 is 5.17. The molecule has 8 heteroatoms. The Hall–Kier alpha value is -2.74. The van der Waals surface area contributed by atoms with Crippen LogP contribution in [0.5, 0.6) is 0 Å². The molecule has 1 aliphatic heterocycles. The summed E-state index contributed by atoms with van der Waals surface area (Å²) in [5.41, 5.74) is -3.91. The number of amides is 1. The first-order valence-corrected chi connectivity index (χ1v) is 7.29. The molecule has 1 aliphatic rings. The molecule has 0 fully saturated rings. The second kappa shape index (κ2) is 4.64. The minimum atomic E-state index is -1.87. The van der Waals surface area contributed by atoms with Crippen molar-refractivity contribution in [2.45, 2.75) is 39.0 Å². The predicted molar refractivity (Wildman–Crippen MR) is 84.6 cm³/mol. The minimum absolute atomic E-state index is 0.0510. The number of fused-ring (bicyclic) bond motifs is 3. The van der Waals surface area contributed by atoms with E-state index in [1.165, 1.54) is 30.0 Å². The van der Waals surface area contributed by atoms with Crippen LogP contribution in [0.3, 0.4) is 0 Å². The van der Waals surface area contributed by atoms with Crippen LogP contribution >= 0.6 is 0 Å². The summed E-state index contributed by atoms with van der Waals surface area (Å²) in [6.07, 6.45) is 0. The van der Waals surface area contributed by atoms with Crippen LogP contribution in [-0.2, 0) is 5.72 Å². The van der Waals surface area contributed by atoms with Gasteiger partial charge in [-0.3, -0.25) is 14.9 Å². The molecule has 1 aromatic heterocycles. The van der Waals surface area contributed by atoms with Gasteiger partial charge in [-0.25, -0.2) is 4.79 Å². The van der Waals surface area contributed by atoms with Gasteiger partial charge in [-0.1, -0.05) is 0 Å². The molecule has 1 N–H and O–H groups in total. The Morgan fingerprint density at radius 1 is 1.29 bits per heavy atom. The van der Waals surface area contributed by atoms with Crippen LogP contribution in [0.15, 0.2) is 27.4 Å². The molecule has 1 atom stereocenters. The fourth-order valence-corrected chi connectivity index (χ4v) is 3.33. The first kappa shape index (κ1) is 16.1. The van der Waals surface area contributed by atoms with E-state index in [9.17, 15) is 24.8 Å². The second-order valence-electron chi connectivity index (χ2n) is 6.91. The standard InChI is InChI=1S/C16H16N2O6/c1-15(2,3)17-13(19)11-9-7-8(18(22)23)5-6-10(9)24-14(20)12(11)16(17,4)21/h5-7,21H,1-4H3. The third-order valence-corrected chi connectivity index (χ3v) is 4.10. The van der Waals surface area contributed by atoms with Crippen molar-refractivity contribution in [1.29, 1.82) is 0 Å². The van der Waals surface area contributed by atoms with Crippen LogP contribution in [0, 0.1) is 10.1 Å². The van der Waals surface area contributed by atoms with Crippen molar-refractivity contribution in [2.75, 3.05) is 0 Å². The van der Waals surface area contributed by atoms with E-state index in [4.69, 9.17) is 4.42 Å². The van der Waals surface area contributed by atoms with E-state index in [0.29, 0.717) is 0 Å². The van der Waals surface area contributed by atoms with Gasteiger partial charge < -0.3 is 14.4 Å². The zero-order valence-electron chi connectivity index (χ0n) is 13.6. The molecule has 1 unspecified atom stereocenters. The molecular formula is C16H16N2O6. The van der Waals surface area contributed by atoms with Crippen LogP contribution in [0.25, 0.3) is 11.0 Å². The number of carbonyl (C=O) groups is 1. The fourth-order valence-electron chi connectivity index (χ4n) is 3.33. The van der Waals surface area contributed by atoms with E-state index in [1.807, 2.05) is 0 Å². The van der Waals surface area contributed by atoms with Gasteiger partial charge in [0, 0.05) is 23.1 Å². The topological polar surface area (TPSA) is 114 Å². The highest BCUT2D eigenvalue weighted by Gasteiger charge is 2.53. The summed E-state index contributed by atoms with van der Waals surface area (Å²) in [4.78, 5) is 36.9. The Kier molecular flexibility index (Phi) is 3.12. The molecule has 126 valence electrons. The van der Waals surface area contributed by atoms with Crippen LogP contribution in [0.4, 0.5) is 5.69 Å². The molecule has 1 aromatic carbocycles. The second-order valence-corrected chi connectivity index (χ2v) is 6.91. The molecule has 3 rings (SSSR count). The number of non-ortho nitro benzene ring substituents is 1. The molecule has 0 aliphatic carbocycles. The average Bonchev–Trinajstić information content (AvgIpc) is 2.65. The van der Waals surface area contributed by atoms with Crippen molar-refractivity contribution in [2.24, 2.45) is 0 Å². The number of hydrogen-bond acceptors (Lipinski definition) is 6. The van der Waals surface area contributed by atoms with Crippen molar-refractivity contribution in [3.05, 3.63) is 49.9 Å². The number of rotatable bonds is 1. The van der Waals surface area contributed by atoms with Gasteiger partial charge in [0.2, 0.25) is 0 Å². The molecule has 0 spiro atoms. The highest BCUT2D eigenvalue weighted by Crippen LogP contribution is 2.42. The average molecular weight is 332 g/mol. The van der Waals surface area contributed by atoms with Crippen molar-refractivity contribution in [1.82, 2.24) is 4.90 Å². The smallest absolute Gasteiger partial charge is 0.345 e. The van der Waals surface area contributed by atoms with Gasteiger partial charge in [0.05, 0.1) is 10.5 Å². The summed E-state index contributed by atoms with van der Waals surface area (Å²) >= 11 is 0. The largest absolute Gasteiger partial charge is 0.422 e. The van der Waals surface area contributed by atoms with Gasteiger partial charge in [-0.05, 0) is 33.8 Å². The van der Waals surface area contributed by atoms with Gasteiger partial charge in [0.15, 0.2) is 5.72 Å². The number of nitrogens with zero attached hydrogens (tertiary/aromatic N) is 2. The summed E-state index contributed by atoms with van der Waals surface area (Å²) in [6.45, 7) is 6.49.